The Hall–Kier alpha value is -1.57. The van der Waals surface area contributed by atoms with Crippen molar-refractivity contribution in [3.8, 4) is 0 Å². The highest BCUT2D eigenvalue weighted by Gasteiger charge is 2.31. The molecule has 0 saturated carbocycles. The number of aromatic nitrogens is 2. The molecule has 0 aromatic carbocycles. The zero-order valence-corrected chi connectivity index (χ0v) is 14.1. The summed E-state index contributed by atoms with van der Waals surface area (Å²) >= 11 is 3.33. The Morgan fingerprint density at radius 3 is 2.91 bits per heavy atom. The highest BCUT2D eigenvalue weighted by molar-refractivity contribution is 9.10. The Labute approximate surface area is 137 Å². The van der Waals surface area contributed by atoms with Crippen LogP contribution in [0.2, 0.25) is 0 Å². The van der Waals surface area contributed by atoms with Gasteiger partial charge in [0.2, 0.25) is 0 Å². The van der Waals surface area contributed by atoms with Crippen molar-refractivity contribution in [2.24, 2.45) is 11.8 Å². The van der Waals surface area contributed by atoms with Gasteiger partial charge in [0.1, 0.15) is 0 Å². The third-order valence-corrected chi connectivity index (χ3v) is 4.15. The SMILES string of the molecule is CC1CC(C(=O)O)CN(C(=O)NCCCn2cc(Br)cn2)C1. The fourth-order valence-corrected chi connectivity index (χ4v) is 3.03. The number of hydrogen-bond acceptors (Lipinski definition) is 3. The zero-order chi connectivity index (χ0) is 16.1. The highest BCUT2D eigenvalue weighted by Crippen LogP contribution is 2.21. The predicted molar refractivity (Wildman–Crippen MR) is 84.4 cm³/mol. The molecule has 1 aromatic rings. The van der Waals surface area contributed by atoms with Gasteiger partial charge in [0.05, 0.1) is 16.6 Å². The number of carboxylic acids is 1. The van der Waals surface area contributed by atoms with E-state index in [9.17, 15) is 9.59 Å². The lowest BCUT2D eigenvalue weighted by Crippen LogP contribution is -2.49. The first-order chi connectivity index (χ1) is 10.5. The number of nitrogens with zero attached hydrogens (tertiary/aromatic N) is 3. The summed E-state index contributed by atoms with van der Waals surface area (Å²) in [6.07, 6.45) is 5.00. The van der Waals surface area contributed by atoms with E-state index in [-0.39, 0.29) is 18.5 Å². The van der Waals surface area contributed by atoms with Crippen molar-refractivity contribution in [3.05, 3.63) is 16.9 Å². The van der Waals surface area contributed by atoms with Crippen LogP contribution >= 0.6 is 15.9 Å². The van der Waals surface area contributed by atoms with Crippen molar-refractivity contribution >= 4 is 27.9 Å². The third-order valence-electron chi connectivity index (χ3n) is 3.74. The molecule has 2 unspecified atom stereocenters. The van der Waals surface area contributed by atoms with Gasteiger partial charge in [-0.05, 0) is 34.7 Å². The molecule has 2 heterocycles. The van der Waals surface area contributed by atoms with E-state index in [1.807, 2.05) is 13.1 Å². The first kappa shape index (κ1) is 16.8. The van der Waals surface area contributed by atoms with Gasteiger partial charge in [-0.2, -0.15) is 5.10 Å². The van der Waals surface area contributed by atoms with Gasteiger partial charge in [0.25, 0.3) is 0 Å². The summed E-state index contributed by atoms with van der Waals surface area (Å²) in [6, 6.07) is -0.181. The van der Waals surface area contributed by atoms with Crippen molar-refractivity contribution in [2.75, 3.05) is 19.6 Å². The van der Waals surface area contributed by atoms with E-state index in [1.165, 1.54) is 0 Å². The van der Waals surface area contributed by atoms with Crippen LogP contribution in [0.4, 0.5) is 4.79 Å². The zero-order valence-electron chi connectivity index (χ0n) is 12.5. The van der Waals surface area contributed by atoms with Crippen LogP contribution in [0.25, 0.3) is 0 Å². The minimum absolute atomic E-state index is 0.181. The monoisotopic (exact) mass is 372 g/mol. The van der Waals surface area contributed by atoms with Crippen LogP contribution in [0.5, 0.6) is 0 Å². The molecule has 122 valence electrons. The smallest absolute Gasteiger partial charge is 0.317 e. The molecule has 0 bridgehead atoms. The predicted octanol–water partition coefficient (Wildman–Crippen LogP) is 1.79. The lowest BCUT2D eigenvalue weighted by Gasteiger charge is -2.34. The molecule has 0 radical (unpaired) electrons. The Bertz CT molecular complexity index is 534. The summed E-state index contributed by atoms with van der Waals surface area (Å²) in [6.45, 7) is 4.14. The normalized spacial score (nSPS) is 21.6. The number of carboxylic acid groups (broad SMARTS) is 1. The molecule has 1 fully saturated rings. The highest BCUT2D eigenvalue weighted by atomic mass is 79.9. The minimum atomic E-state index is -0.825. The van der Waals surface area contributed by atoms with Gasteiger partial charge in [0, 0.05) is 32.4 Å². The number of likely N-dealkylation sites (tertiary alicyclic amines) is 1. The molecular weight excluding hydrogens is 352 g/mol. The van der Waals surface area contributed by atoms with Gasteiger partial charge >= 0.3 is 12.0 Å². The lowest BCUT2D eigenvalue weighted by molar-refractivity contribution is -0.143. The van der Waals surface area contributed by atoms with E-state index in [1.54, 1.807) is 15.8 Å². The van der Waals surface area contributed by atoms with Crippen LogP contribution in [0.1, 0.15) is 19.8 Å². The van der Waals surface area contributed by atoms with Crippen molar-refractivity contribution in [2.45, 2.75) is 26.3 Å². The Kier molecular flexibility index (Phi) is 5.82. The van der Waals surface area contributed by atoms with Crippen molar-refractivity contribution in [1.29, 1.82) is 0 Å². The fraction of sp³-hybridized carbons (Fsp3) is 0.643. The molecule has 22 heavy (non-hydrogen) atoms. The topological polar surface area (TPSA) is 87.5 Å². The van der Waals surface area contributed by atoms with Gasteiger partial charge in [-0.1, -0.05) is 6.92 Å². The van der Waals surface area contributed by atoms with E-state index >= 15 is 0 Å². The number of amides is 2. The number of carbonyl (C=O) groups is 2. The number of hydrogen-bond donors (Lipinski definition) is 2. The maximum Gasteiger partial charge on any atom is 0.317 e. The molecule has 8 heteroatoms. The lowest BCUT2D eigenvalue weighted by atomic mass is 9.91. The first-order valence-electron chi connectivity index (χ1n) is 7.39. The molecule has 1 aromatic heterocycles. The quantitative estimate of drug-likeness (QED) is 0.771. The molecular formula is C14H21BrN4O3. The molecule has 2 amide bonds. The minimum Gasteiger partial charge on any atom is -0.481 e. The summed E-state index contributed by atoms with van der Waals surface area (Å²) in [5.74, 6) is -1.08. The largest absolute Gasteiger partial charge is 0.481 e. The van der Waals surface area contributed by atoms with Crippen LogP contribution in [0, 0.1) is 11.8 Å². The number of urea groups is 1. The number of aryl methyl sites for hydroxylation is 1. The van der Waals surface area contributed by atoms with Gasteiger partial charge < -0.3 is 15.3 Å². The van der Waals surface area contributed by atoms with Gasteiger partial charge in [-0.25, -0.2) is 4.79 Å². The third kappa shape index (κ3) is 4.72. The van der Waals surface area contributed by atoms with Crippen molar-refractivity contribution in [3.63, 3.8) is 0 Å². The average Bonchev–Trinajstić information content (AvgIpc) is 2.88. The number of carbonyl (C=O) groups excluding carboxylic acids is 1. The maximum atomic E-state index is 12.1. The number of aliphatic carboxylic acids is 1. The molecule has 2 atom stereocenters. The molecule has 2 rings (SSSR count). The molecule has 1 saturated heterocycles. The van der Waals surface area contributed by atoms with Crippen LogP contribution in [0.3, 0.4) is 0 Å². The summed E-state index contributed by atoms with van der Waals surface area (Å²) in [7, 11) is 0. The second kappa shape index (κ2) is 7.62. The Morgan fingerprint density at radius 1 is 1.50 bits per heavy atom. The van der Waals surface area contributed by atoms with Crippen LogP contribution < -0.4 is 5.32 Å². The van der Waals surface area contributed by atoms with Gasteiger partial charge in [-0.15, -0.1) is 0 Å². The van der Waals surface area contributed by atoms with Crippen LogP contribution in [0.15, 0.2) is 16.9 Å². The van der Waals surface area contributed by atoms with Crippen molar-refractivity contribution in [1.82, 2.24) is 20.0 Å². The second-order valence-electron chi connectivity index (χ2n) is 5.79. The summed E-state index contributed by atoms with van der Waals surface area (Å²) in [5, 5.41) is 16.1. The second-order valence-corrected chi connectivity index (χ2v) is 6.70. The molecule has 7 nitrogen and oxygen atoms in total. The van der Waals surface area contributed by atoms with E-state index < -0.39 is 11.9 Å². The Balaban J connectivity index is 1.73. The van der Waals surface area contributed by atoms with Gasteiger partial charge in [-0.3, -0.25) is 9.48 Å². The number of rotatable bonds is 5. The van der Waals surface area contributed by atoms with E-state index in [4.69, 9.17) is 5.11 Å². The van der Waals surface area contributed by atoms with E-state index in [2.05, 4.69) is 26.3 Å². The molecule has 1 aliphatic heterocycles. The summed E-state index contributed by atoms with van der Waals surface area (Å²) in [4.78, 5) is 24.8. The van der Waals surface area contributed by atoms with E-state index in [0.29, 0.717) is 19.5 Å². The van der Waals surface area contributed by atoms with E-state index in [0.717, 1.165) is 17.4 Å². The number of piperidine rings is 1. The average molecular weight is 373 g/mol. The van der Waals surface area contributed by atoms with Crippen LogP contribution in [-0.4, -0.2) is 51.4 Å². The molecule has 0 aliphatic carbocycles. The molecule has 1 aliphatic rings. The number of nitrogens with one attached hydrogen (secondary N) is 1. The first-order valence-corrected chi connectivity index (χ1v) is 8.18. The maximum absolute atomic E-state index is 12.1. The summed E-state index contributed by atoms with van der Waals surface area (Å²) in [5.41, 5.74) is 0. The Morgan fingerprint density at radius 2 is 2.27 bits per heavy atom. The van der Waals surface area contributed by atoms with Gasteiger partial charge in [0.15, 0.2) is 0 Å². The van der Waals surface area contributed by atoms with Crippen molar-refractivity contribution < 1.29 is 14.7 Å². The standard InChI is InChI=1S/C14H21BrN4O3/c1-10-5-11(13(20)21)8-18(7-10)14(22)16-3-2-4-19-9-12(15)6-17-19/h6,9-11H,2-5,7-8H2,1H3,(H,16,22)(H,20,21). The molecule has 2 N–H and O–H groups in total. The molecule has 0 spiro atoms. The summed E-state index contributed by atoms with van der Waals surface area (Å²) < 4.78 is 2.73. The number of halogens is 1. The van der Waals surface area contributed by atoms with Crippen LogP contribution in [-0.2, 0) is 11.3 Å². The fourth-order valence-electron chi connectivity index (χ4n) is 2.71.